The molecule has 0 fully saturated rings. The number of hydrogen-bond acceptors (Lipinski definition) is 1. The molecule has 84 valence electrons. The maximum Gasteiger partial charge on any atom is 0.186 e. The van der Waals surface area contributed by atoms with Crippen molar-refractivity contribution in [3.63, 3.8) is 0 Å². The first-order valence-electron chi connectivity index (χ1n) is 5.18. The lowest BCUT2D eigenvalue weighted by molar-refractivity contribution is 0.562. The van der Waals surface area contributed by atoms with Gasteiger partial charge in [0.1, 0.15) is 0 Å². The molecular weight excluding hydrogens is 208 g/mol. The molecule has 15 heavy (non-hydrogen) atoms. The SMILES string of the molecule is CC(C)c1ccc(C(C)C)c(S(=O)O)c1. The normalized spacial score (nSPS) is 13.5. The Morgan fingerprint density at radius 1 is 1.13 bits per heavy atom. The average Bonchev–Trinajstić information content (AvgIpc) is 2.16. The van der Waals surface area contributed by atoms with Gasteiger partial charge >= 0.3 is 0 Å². The maximum absolute atomic E-state index is 11.2. The molecule has 0 aromatic heterocycles. The minimum absolute atomic E-state index is 0.275. The van der Waals surface area contributed by atoms with Crippen molar-refractivity contribution in [2.75, 3.05) is 0 Å². The average molecular weight is 226 g/mol. The quantitative estimate of drug-likeness (QED) is 0.801. The van der Waals surface area contributed by atoms with Crippen molar-refractivity contribution in [3.05, 3.63) is 29.3 Å². The lowest BCUT2D eigenvalue weighted by Gasteiger charge is -2.13. The lowest BCUT2D eigenvalue weighted by Crippen LogP contribution is -2.00. The molecule has 0 saturated carbocycles. The maximum atomic E-state index is 11.2. The van der Waals surface area contributed by atoms with Crippen LogP contribution in [0.5, 0.6) is 0 Å². The number of benzene rings is 1. The fourth-order valence-electron chi connectivity index (χ4n) is 1.54. The molecule has 0 spiro atoms. The predicted octanol–water partition coefficient (Wildman–Crippen LogP) is 3.51. The van der Waals surface area contributed by atoms with Gasteiger partial charge in [0.2, 0.25) is 0 Å². The van der Waals surface area contributed by atoms with Gasteiger partial charge < -0.3 is 4.55 Å². The van der Waals surface area contributed by atoms with Gasteiger partial charge in [0.15, 0.2) is 11.1 Å². The van der Waals surface area contributed by atoms with Crippen molar-refractivity contribution in [2.45, 2.75) is 44.4 Å². The van der Waals surface area contributed by atoms with Gasteiger partial charge in [-0.2, -0.15) is 0 Å². The second-order valence-electron chi connectivity index (χ2n) is 4.36. The van der Waals surface area contributed by atoms with Crippen LogP contribution in [0.15, 0.2) is 23.1 Å². The van der Waals surface area contributed by atoms with E-state index >= 15 is 0 Å². The molecule has 1 atom stereocenters. The van der Waals surface area contributed by atoms with Crippen LogP contribution in [0.2, 0.25) is 0 Å². The van der Waals surface area contributed by atoms with Crippen LogP contribution in [0.3, 0.4) is 0 Å². The highest BCUT2D eigenvalue weighted by Gasteiger charge is 2.12. The zero-order valence-electron chi connectivity index (χ0n) is 9.65. The highest BCUT2D eigenvalue weighted by atomic mass is 32.2. The molecule has 1 unspecified atom stereocenters. The van der Waals surface area contributed by atoms with Crippen LogP contribution in [0.4, 0.5) is 0 Å². The van der Waals surface area contributed by atoms with Gasteiger partial charge in [0.05, 0.1) is 4.90 Å². The third-order valence-corrected chi connectivity index (χ3v) is 3.24. The Kier molecular flexibility index (Phi) is 4.05. The van der Waals surface area contributed by atoms with Crippen LogP contribution in [0, 0.1) is 0 Å². The van der Waals surface area contributed by atoms with E-state index in [2.05, 4.69) is 13.8 Å². The third kappa shape index (κ3) is 2.89. The Morgan fingerprint density at radius 3 is 2.13 bits per heavy atom. The molecule has 2 nitrogen and oxygen atoms in total. The van der Waals surface area contributed by atoms with Crippen molar-refractivity contribution < 1.29 is 8.76 Å². The first kappa shape index (κ1) is 12.4. The second kappa shape index (κ2) is 4.90. The van der Waals surface area contributed by atoms with Crippen molar-refractivity contribution in [2.24, 2.45) is 0 Å². The summed E-state index contributed by atoms with van der Waals surface area (Å²) in [6.07, 6.45) is 0. The Balaban J connectivity index is 3.27. The zero-order chi connectivity index (χ0) is 11.6. The standard InChI is InChI=1S/C12H18O2S/c1-8(2)10-5-6-11(9(3)4)12(7-10)15(13)14/h5-9H,1-4H3,(H,13,14). The van der Waals surface area contributed by atoms with Gasteiger partial charge in [0, 0.05) is 0 Å². The Hall–Kier alpha value is -0.670. The van der Waals surface area contributed by atoms with Crippen LogP contribution in [-0.2, 0) is 11.1 Å². The van der Waals surface area contributed by atoms with Gasteiger partial charge in [-0.15, -0.1) is 0 Å². The summed E-state index contributed by atoms with van der Waals surface area (Å²) in [6, 6.07) is 5.84. The molecule has 1 aromatic rings. The first-order valence-corrected chi connectivity index (χ1v) is 6.28. The summed E-state index contributed by atoms with van der Waals surface area (Å²) >= 11 is -1.89. The Labute approximate surface area is 94.0 Å². The molecule has 0 aliphatic carbocycles. The van der Waals surface area contributed by atoms with E-state index in [1.807, 2.05) is 32.0 Å². The molecule has 3 heteroatoms. The molecule has 0 bridgehead atoms. The second-order valence-corrected chi connectivity index (χ2v) is 5.29. The van der Waals surface area contributed by atoms with E-state index in [0.29, 0.717) is 10.8 Å². The largest absolute Gasteiger partial charge is 0.302 e. The highest BCUT2D eigenvalue weighted by molar-refractivity contribution is 7.79. The van der Waals surface area contributed by atoms with E-state index < -0.39 is 11.1 Å². The van der Waals surface area contributed by atoms with Crippen LogP contribution in [0.1, 0.15) is 50.7 Å². The number of hydrogen-bond donors (Lipinski definition) is 1. The summed E-state index contributed by atoms with van der Waals surface area (Å²) in [4.78, 5) is 0.552. The van der Waals surface area contributed by atoms with Crippen LogP contribution in [0.25, 0.3) is 0 Å². The van der Waals surface area contributed by atoms with Gasteiger partial charge in [-0.25, -0.2) is 4.21 Å². The minimum atomic E-state index is -1.89. The molecule has 0 aliphatic heterocycles. The predicted molar refractivity (Wildman–Crippen MR) is 63.7 cm³/mol. The highest BCUT2D eigenvalue weighted by Crippen LogP contribution is 2.26. The Morgan fingerprint density at radius 2 is 1.73 bits per heavy atom. The molecule has 0 aliphatic rings. The molecule has 0 radical (unpaired) electrons. The summed E-state index contributed by atoms with van der Waals surface area (Å²) in [5.41, 5.74) is 2.07. The molecule has 1 aromatic carbocycles. The lowest BCUT2D eigenvalue weighted by atomic mass is 9.97. The van der Waals surface area contributed by atoms with E-state index in [9.17, 15) is 8.76 Å². The van der Waals surface area contributed by atoms with Crippen molar-refractivity contribution in [1.29, 1.82) is 0 Å². The van der Waals surface area contributed by atoms with Crippen molar-refractivity contribution in [3.8, 4) is 0 Å². The summed E-state index contributed by atoms with van der Waals surface area (Å²) in [5, 5.41) is 0. The minimum Gasteiger partial charge on any atom is -0.302 e. The molecule has 0 amide bonds. The van der Waals surface area contributed by atoms with Crippen molar-refractivity contribution in [1.82, 2.24) is 0 Å². The summed E-state index contributed by atoms with van der Waals surface area (Å²) in [6.45, 7) is 8.21. The fourth-order valence-corrected chi connectivity index (χ4v) is 2.28. The van der Waals surface area contributed by atoms with Crippen LogP contribution < -0.4 is 0 Å². The van der Waals surface area contributed by atoms with Gasteiger partial charge in [0.25, 0.3) is 0 Å². The van der Waals surface area contributed by atoms with Gasteiger partial charge in [-0.1, -0.05) is 39.8 Å². The van der Waals surface area contributed by atoms with Crippen molar-refractivity contribution >= 4 is 11.1 Å². The van der Waals surface area contributed by atoms with Gasteiger partial charge in [-0.05, 0) is 29.0 Å². The van der Waals surface area contributed by atoms with Crippen LogP contribution >= 0.6 is 0 Å². The smallest absolute Gasteiger partial charge is 0.186 e. The topological polar surface area (TPSA) is 37.3 Å². The fraction of sp³-hybridized carbons (Fsp3) is 0.500. The molecular formula is C12H18O2S. The summed E-state index contributed by atoms with van der Waals surface area (Å²) in [7, 11) is 0. The third-order valence-electron chi connectivity index (χ3n) is 2.51. The summed E-state index contributed by atoms with van der Waals surface area (Å²) < 4.78 is 20.4. The summed E-state index contributed by atoms with van der Waals surface area (Å²) in [5.74, 6) is 0.658. The van der Waals surface area contributed by atoms with E-state index in [1.165, 1.54) is 0 Å². The van der Waals surface area contributed by atoms with Gasteiger partial charge in [-0.3, -0.25) is 0 Å². The Bertz CT molecular complexity index is 370. The first-order chi connectivity index (χ1) is 6.93. The van der Waals surface area contributed by atoms with E-state index in [0.717, 1.165) is 11.1 Å². The molecule has 0 heterocycles. The number of rotatable bonds is 3. The van der Waals surface area contributed by atoms with E-state index in [-0.39, 0.29) is 5.92 Å². The van der Waals surface area contributed by atoms with Crippen LogP contribution in [-0.4, -0.2) is 8.76 Å². The van der Waals surface area contributed by atoms with E-state index in [4.69, 9.17) is 0 Å². The molecule has 0 saturated heterocycles. The molecule has 1 N–H and O–H groups in total. The zero-order valence-corrected chi connectivity index (χ0v) is 10.5. The molecule has 1 rings (SSSR count). The van der Waals surface area contributed by atoms with E-state index in [1.54, 1.807) is 0 Å². The monoisotopic (exact) mass is 226 g/mol.